The monoisotopic (exact) mass is 361 g/mol. The fraction of sp³-hybridized carbons (Fsp3) is 0.474. The number of hydrogen-bond acceptors (Lipinski definition) is 5. The van der Waals surface area contributed by atoms with Crippen molar-refractivity contribution >= 4 is 11.6 Å². The van der Waals surface area contributed by atoms with Crippen molar-refractivity contribution in [2.24, 2.45) is 0 Å². The highest BCUT2D eigenvalue weighted by molar-refractivity contribution is 6.33. The van der Waals surface area contributed by atoms with Gasteiger partial charge in [0.05, 0.1) is 19.2 Å². The molecule has 0 unspecified atom stereocenters. The third-order valence-electron chi connectivity index (χ3n) is 4.50. The van der Waals surface area contributed by atoms with Crippen LogP contribution < -0.4 is 9.47 Å². The molecule has 1 aliphatic rings. The Hall–Kier alpha value is -1.85. The highest BCUT2D eigenvalue weighted by Crippen LogP contribution is 2.38. The molecule has 1 aliphatic heterocycles. The molecule has 0 saturated carbocycles. The minimum absolute atomic E-state index is 0.589. The Balaban J connectivity index is 1.75. The van der Waals surface area contributed by atoms with Crippen molar-refractivity contribution < 1.29 is 9.47 Å². The lowest BCUT2D eigenvalue weighted by molar-refractivity contribution is 0.242. The Labute approximate surface area is 153 Å². The van der Waals surface area contributed by atoms with E-state index in [4.69, 9.17) is 26.1 Å². The molecule has 0 amide bonds. The number of aromatic nitrogens is 2. The van der Waals surface area contributed by atoms with E-state index in [0.717, 1.165) is 50.3 Å². The van der Waals surface area contributed by atoms with Crippen LogP contribution in [0.3, 0.4) is 0 Å². The highest BCUT2D eigenvalue weighted by atomic mass is 35.5. The summed E-state index contributed by atoms with van der Waals surface area (Å²) >= 11 is 6.51. The molecule has 5 nitrogen and oxygen atoms in total. The zero-order valence-electron chi connectivity index (χ0n) is 15.0. The van der Waals surface area contributed by atoms with Crippen LogP contribution in [0.5, 0.6) is 11.5 Å². The first-order valence-electron chi connectivity index (χ1n) is 8.61. The van der Waals surface area contributed by atoms with Crippen LogP contribution in [-0.2, 0) is 25.9 Å². The van der Waals surface area contributed by atoms with E-state index in [1.165, 1.54) is 11.3 Å². The van der Waals surface area contributed by atoms with Crippen LogP contribution in [0, 0.1) is 0 Å². The molecule has 0 aliphatic carbocycles. The number of benzene rings is 1. The molecule has 0 saturated heterocycles. The van der Waals surface area contributed by atoms with E-state index in [9.17, 15) is 0 Å². The van der Waals surface area contributed by atoms with Crippen molar-refractivity contribution in [2.45, 2.75) is 39.3 Å². The fourth-order valence-electron chi connectivity index (χ4n) is 3.19. The van der Waals surface area contributed by atoms with Crippen molar-refractivity contribution in [1.29, 1.82) is 0 Å². The quantitative estimate of drug-likeness (QED) is 0.785. The number of nitrogens with zero attached hydrogens (tertiary/aromatic N) is 3. The summed E-state index contributed by atoms with van der Waals surface area (Å²) in [6, 6.07) is 3.90. The fourth-order valence-corrected chi connectivity index (χ4v) is 3.48. The summed E-state index contributed by atoms with van der Waals surface area (Å²) in [6.07, 6.45) is 4.94. The zero-order chi connectivity index (χ0) is 17.8. The summed E-state index contributed by atoms with van der Waals surface area (Å²) < 4.78 is 10.7. The lowest BCUT2D eigenvalue weighted by Gasteiger charge is -2.28. The molecule has 1 aromatic heterocycles. The smallest absolute Gasteiger partial charge is 0.179 e. The second-order valence-corrected chi connectivity index (χ2v) is 6.62. The minimum Gasteiger partial charge on any atom is -0.493 e. The van der Waals surface area contributed by atoms with E-state index in [1.807, 2.05) is 18.3 Å². The van der Waals surface area contributed by atoms with E-state index in [0.29, 0.717) is 16.5 Å². The predicted molar refractivity (Wildman–Crippen MR) is 98.4 cm³/mol. The molecule has 6 heteroatoms. The normalized spacial score (nSPS) is 14.2. The molecule has 1 aromatic carbocycles. The van der Waals surface area contributed by atoms with Crippen LogP contribution >= 0.6 is 11.6 Å². The topological polar surface area (TPSA) is 47.5 Å². The number of rotatable bonds is 6. The van der Waals surface area contributed by atoms with Crippen LogP contribution in [0.4, 0.5) is 0 Å². The largest absolute Gasteiger partial charge is 0.493 e. The number of methoxy groups -OCH3 is 2. The first-order valence-corrected chi connectivity index (χ1v) is 8.99. The molecular weight excluding hydrogens is 338 g/mol. The molecule has 0 N–H and O–H groups in total. The van der Waals surface area contributed by atoms with Gasteiger partial charge in [-0.3, -0.25) is 4.90 Å². The maximum absolute atomic E-state index is 6.51. The summed E-state index contributed by atoms with van der Waals surface area (Å²) in [5.74, 6) is 2.20. The van der Waals surface area contributed by atoms with Gasteiger partial charge in [0.2, 0.25) is 0 Å². The Morgan fingerprint density at radius 2 is 2.08 bits per heavy atom. The number of aryl methyl sites for hydroxylation is 1. The second-order valence-electron chi connectivity index (χ2n) is 6.24. The van der Waals surface area contributed by atoms with Gasteiger partial charge in [-0.1, -0.05) is 24.6 Å². The average Bonchev–Trinajstić information content (AvgIpc) is 2.63. The number of halogens is 1. The molecule has 0 bridgehead atoms. The predicted octanol–water partition coefficient (Wildman–Crippen LogP) is 3.66. The van der Waals surface area contributed by atoms with Gasteiger partial charge in [-0.15, -0.1) is 0 Å². The summed E-state index contributed by atoms with van der Waals surface area (Å²) in [5.41, 5.74) is 3.43. The van der Waals surface area contributed by atoms with Crippen LogP contribution in [0.1, 0.15) is 36.0 Å². The second kappa shape index (κ2) is 8.02. The van der Waals surface area contributed by atoms with Gasteiger partial charge in [0.25, 0.3) is 0 Å². The van der Waals surface area contributed by atoms with Gasteiger partial charge in [0.1, 0.15) is 5.82 Å². The number of fused-ring (bicyclic) bond motifs is 1. The Morgan fingerprint density at radius 3 is 2.80 bits per heavy atom. The van der Waals surface area contributed by atoms with E-state index in [-0.39, 0.29) is 0 Å². The maximum Gasteiger partial charge on any atom is 0.179 e. The molecule has 0 spiro atoms. The van der Waals surface area contributed by atoms with E-state index in [1.54, 1.807) is 14.2 Å². The number of hydrogen-bond donors (Lipinski definition) is 0. The van der Waals surface area contributed by atoms with Gasteiger partial charge < -0.3 is 9.47 Å². The van der Waals surface area contributed by atoms with Crippen LogP contribution in [0.15, 0.2) is 18.3 Å². The van der Waals surface area contributed by atoms with Crippen molar-refractivity contribution in [3.8, 4) is 11.5 Å². The molecule has 25 heavy (non-hydrogen) atoms. The molecular formula is C19H24ClN3O2. The molecule has 0 radical (unpaired) electrons. The molecule has 134 valence electrons. The highest BCUT2D eigenvalue weighted by Gasteiger charge is 2.21. The van der Waals surface area contributed by atoms with Crippen LogP contribution in [-0.4, -0.2) is 35.6 Å². The van der Waals surface area contributed by atoms with Crippen LogP contribution in [0.2, 0.25) is 5.02 Å². The summed E-state index contributed by atoms with van der Waals surface area (Å²) in [5, 5.41) is 0.613. The van der Waals surface area contributed by atoms with Gasteiger partial charge in [0.15, 0.2) is 11.5 Å². The summed E-state index contributed by atoms with van der Waals surface area (Å²) in [7, 11) is 3.22. The van der Waals surface area contributed by atoms with Gasteiger partial charge in [0, 0.05) is 49.9 Å². The van der Waals surface area contributed by atoms with E-state index >= 15 is 0 Å². The third kappa shape index (κ3) is 3.88. The molecule has 2 aromatic rings. The Kier molecular flexibility index (Phi) is 5.76. The molecule has 3 rings (SSSR count). The lowest BCUT2D eigenvalue weighted by Crippen LogP contribution is -2.31. The van der Waals surface area contributed by atoms with Crippen LogP contribution in [0.25, 0.3) is 0 Å². The Bertz CT molecular complexity index is 752. The maximum atomic E-state index is 6.51. The SMILES string of the molecule is CCCc1ncc2c(n1)CCN(Cc1ccc(OC)c(OC)c1Cl)C2. The minimum atomic E-state index is 0.589. The first-order chi connectivity index (χ1) is 12.2. The summed E-state index contributed by atoms with van der Waals surface area (Å²) in [6.45, 7) is 4.71. The standard InChI is InChI=1S/C19H24ClN3O2/c1-4-5-17-21-10-14-12-23(9-8-15(14)22-17)11-13-6-7-16(24-2)19(25-3)18(13)20/h6-7,10H,4-5,8-9,11-12H2,1-3H3. The van der Waals surface area contributed by atoms with Crippen molar-refractivity contribution in [3.05, 3.63) is 46.0 Å². The Morgan fingerprint density at radius 1 is 1.24 bits per heavy atom. The summed E-state index contributed by atoms with van der Waals surface area (Å²) in [4.78, 5) is 11.6. The molecule has 0 fully saturated rings. The van der Waals surface area contributed by atoms with Gasteiger partial charge in [-0.25, -0.2) is 9.97 Å². The van der Waals surface area contributed by atoms with E-state index < -0.39 is 0 Å². The zero-order valence-corrected chi connectivity index (χ0v) is 15.8. The van der Waals surface area contributed by atoms with Crippen molar-refractivity contribution in [1.82, 2.24) is 14.9 Å². The van der Waals surface area contributed by atoms with E-state index in [2.05, 4.69) is 16.8 Å². The number of ether oxygens (including phenoxy) is 2. The van der Waals surface area contributed by atoms with Crippen molar-refractivity contribution in [3.63, 3.8) is 0 Å². The lowest BCUT2D eigenvalue weighted by atomic mass is 10.1. The average molecular weight is 362 g/mol. The van der Waals surface area contributed by atoms with Gasteiger partial charge in [-0.2, -0.15) is 0 Å². The molecule has 2 heterocycles. The molecule has 0 atom stereocenters. The van der Waals surface area contributed by atoms with Crippen molar-refractivity contribution in [2.75, 3.05) is 20.8 Å². The third-order valence-corrected chi connectivity index (χ3v) is 4.91. The first kappa shape index (κ1) is 18.0. The van der Waals surface area contributed by atoms with Gasteiger partial charge in [-0.05, 0) is 18.1 Å². The van der Waals surface area contributed by atoms with Gasteiger partial charge >= 0.3 is 0 Å².